The minimum atomic E-state index is -0.476. The van der Waals surface area contributed by atoms with Gasteiger partial charge >= 0.3 is 6.09 Å². The number of carbonyl (C=O) groups is 1. The van der Waals surface area contributed by atoms with Crippen LogP contribution >= 0.6 is 11.6 Å². The maximum Gasteiger partial charge on any atom is 0.410 e. The van der Waals surface area contributed by atoms with E-state index < -0.39 is 5.60 Å². The van der Waals surface area contributed by atoms with E-state index in [9.17, 15) is 4.79 Å². The molecule has 0 unspecified atom stereocenters. The number of benzene rings is 1. The molecule has 0 aliphatic carbocycles. The van der Waals surface area contributed by atoms with Crippen LogP contribution in [0.4, 0.5) is 4.79 Å². The number of piperidine rings is 1. The van der Waals surface area contributed by atoms with Gasteiger partial charge in [0.25, 0.3) is 0 Å². The molecule has 7 heteroatoms. The van der Waals surface area contributed by atoms with Crippen molar-refractivity contribution in [2.75, 3.05) is 13.1 Å². The van der Waals surface area contributed by atoms with E-state index in [-0.39, 0.29) is 12.2 Å². The van der Waals surface area contributed by atoms with Crippen LogP contribution in [-0.2, 0) is 16.1 Å². The van der Waals surface area contributed by atoms with Gasteiger partial charge in [0, 0.05) is 13.1 Å². The third kappa shape index (κ3) is 5.06. The number of hydrogen-bond donors (Lipinski definition) is 0. The largest absolute Gasteiger partial charge is 0.444 e. The fourth-order valence-electron chi connectivity index (χ4n) is 3.18. The minimum Gasteiger partial charge on any atom is -0.444 e. The summed E-state index contributed by atoms with van der Waals surface area (Å²) in [4.78, 5) is 13.9. The zero-order valence-corrected chi connectivity index (χ0v) is 17.7. The van der Waals surface area contributed by atoms with Gasteiger partial charge in [-0.05, 0) is 52.7 Å². The Morgan fingerprint density at radius 2 is 1.86 bits per heavy atom. The first-order chi connectivity index (χ1) is 13.2. The average Bonchev–Trinajstić information content (AvgIpc) is 2.94. The molecule has 0 bridgehead atoms. The first-order valence-electron chi connectivity index (χ1n) is 9.63. The molecule has 1 saturated heterocycles. The fourth-order valence-corrected chi connectivity index (χ4v) is 3.35. The smallest absolute Gasteiger partial charge is 0.410 e. The molecule has 1 aliphatic rings. The molecule has 1 aromatic carbocycles. The first-order valence-corrected chi connectivity index (χ1v) is 10.0. The van der Waals surface area contributed by atoms with Gasteiger partial charge in [-0.3, -0.25) is 0 Å². The van der Waals surface area contributed by atoms with Gasteiger partial charge in [0.2, 0.25) is 0 Å². The van der Waals surface area contributed by atoms with Crippen LogP contribution in [0, 0.1) is 6.92 Å². The number of rotatable bonds is 4. The summed E-state index contributed by atoms with van der Waals surface area (Å²) in [6.07, 6.45) is 1.37. The van der Waals surface area contributed by atoms with Gasteiger partial charge in [-0.2, -0.15) is 5.10 Å². The van der Waals surface area contributed by atoms with Gasteiger partial charge in [-0.15, -0.1) is 0 Å². The molecule has 0 radical (unpaired) electrons. The Morgan fingerprint density at radius 1 is 1.21 bits per heavy atom. The maximum atomic E-state index is 12.2. The fraction of sp³-hybridized carbons (Fsp3) is 0.524. The summed E-state index contributed by atoms with van der Waals surface area (Å²) in [5, 5.41) is 5.26. The summed E-state index contributed by atoms with van der Waals surface area (Å²) in [6.45, 7) is 9.19. The number of para-hydroxylation sites is 1. The number of hydrogen-bond acceptors (Lipinski definition) is 4. The van der Waals surface area contributed by atoms with Gasteiger partial charge in [0.05, 0.1) is 29.1 Å². The second kappa shape index (κ2) is 8.53. The topological polar surface area (TPSA) is 56.6 Å². The van der Waals surface area contributed by atoms with E-state index in [4.69, 9.17) is 21.1 Å². The first kappa shape index (κ1) is 20.7. The van der Waals surface area contributed by atoms with Crippen LogP contribution in [-0.4, -0.2) is 45.6 Å². The zero-order chi connectivity index (χ0) is 20.3. The third-order valence-corrected chi connectivity index (χ3v) is 5.15. The molecule has 152 valence electrons. The Balaban J connectivity index is 1.54. The number of carbonyl (C=O) groups excluding carboxylic acids is 1. The zero-order valence-electron chi connectivity index (χ0n) is 16.9. The van der Waals surface area contributed by atoms with Crippen molar-refractivity contribution in [3.63, 3.8) is 0 Å². The molecule has 0 saturated carbocycles. The number of aromatic nitrogens is 2. The second-order valence-electron chi connectivity index (χ2n) is 8.07. The van der Waals surface area contributed by atoms with Crippen LogP contribution in [0.2, 0.25) is 5.02 Å². The quantitative estimate of drug-likeness (QED) is 0.736. The van der Waals surface area contributed by atoms with Crippen LogP contribution in [0.15, 0.2) is 30.3 Å². The Morgan fingerprint density at radius 3 is 2.46 bits per heavy atom. The number of nitrogens with zero attached hydrogens (tertiary/aromatic N) is 3. The van der Waals surface area contributed by atoms with Crippen molar-refractivity contribution in [3.8, 4) is 5.69 Å². The van der Waals surface area contributed by atoms with E-state index in [1.807, 2.05) is 62.7 Å². The molecule has 1 aliphatic heterocycles. The molecule has 0 atom stereocenters. The van der Waals surface area contributed by atoms with Crippen molar-refractivity contribution in [2.45, 2.75) is 58.8 Å². The van der Waals surface area contributed by atoms with E-state index in [0.717, 1.165) is 29.9 Å². The summed E-state index contributed by atoms with van der Waals surface area (Å²) in [7, 11) is 0. The Kier molecular flexibility index (Phi) is 6.30. The Bertz CT molecular complexity index is 806. The van der Waals surface area contributed by atoms with Crippen molar-refractivity contribution in [1.82, 2.24) is 14.7 Å². The predicted octanol–water partition coefficient (Wildman–Crippen LogP) is 4.75. The lowest BCUT2D eigenvalue weighted by atomic mass is 10.1. The lowest BCUT2D eigenvalue weighted by molar-refractivity contribution is -0.0178. The van der Waals surface area contributed by atoms with Crippen molar-refractivity contribution in [1.29, 1.82) is 0 Å². The summed E-state index contributed by atoms with van der Waals surface area (Å²) >= 11 is 6.47. The van der Waals surface area contributed by atoms with E-state index in [1.54, 1.807) is 4.90 Å². The van der Waals surface area contributed by atoms with Gasteiger partial charge in [-0.1, -0.05) is 29.8 Å². The van der Waals surface area contributed by atoms with Gasteiger partial charge in [-0.25, -0.2) is 9.48 Å². The molecule has 1 amide bonds. The molecule has 2 aromatic rings. The summed E-state index contributed by atoms with van der Waals surface area (Å²) in [5.74, 6) is 0. The minimum absolute atomic E-state index is 0.0805. The van der Waals surface area contributed by atoms with E-state index in [1.165, 1.54) is 0 Å². The lowest BCUT2D eigenvalue weighted by Gasteiger charge is -2.33. The number of amides is 1. The van der Waals surface area contributed by atoms with Crippen LogP contribution in [0.1, 0.15) is 45.0 Å². The van der Waals surface area contributed by atoms with Crippen LogP contribution in [0.3, 0.4) is 0 Å². The van der Waals surface area contributed by atoms with E-state index in [0.29, 0.717) is 24.7 Å². The van der Waals surface area contributed by atoms with Crippen molar-refractivity contribution in [2.24, 2.45) is 0 Å². The van der Waals surface area contributed by atoms with Crippen molar-refractivity contribution >= 4 is 17.7 Å². The average molecular weight is 406 g/mol. The van der Waals surface area contributed by atoms with Gasteiger partial charge in [0.15, 0.2) is 0 Å². The maximum absolute atomic E-state index is 12.2. The standard InChI is InChI=1S/C21H28ClN3O3/c1-15-19(22)18(23-25(15)16-8-6-5-7-9-16)14-27-17-10-12-24(13-11-17)20(26)28-21(2,3)4/h5-9,17H,10-14H2,1-4H3. The SMILES string of the molecule is Cc1c(Cl)c(COC2CCN(C(=O)OC(C)(C)C)CC2)nn1-c1ccccc1. The van der Waals surface area contributed by atoms with Crippen molar-refractivity contribution < 1.29 is 14.3 Å². The normalized spacial score (nSPS) is 15.7. The van der Waals surface area contributed by atoms with E-state index >= 15 is 0 Å². The number of ether oxygens (including phenoxy) is 2. The highest BCUT2D eigenvalue weighted by Gasteiger charge is 2.27. The highest BCUT2D eigenvalue weighted by Crippen LogP contribution is 2.25. The third-order valence-electron chi connectivity index (χ3n) is 4.66. The second-order valence-corrected chi connectivity index (χ2v) is 8.45. The lowest BCUT2D eigenvalue weighted by Crippen LogP contribution is -2.43. The molecule has 1 aromatic heterocycles. The van der Waals surface area contributed by atoms with Crippen LogP contribution in [0.25, 0.3) is 5.69 Å². The molecule has 0 spiro atoms. The molecule has 3 rings (SSSR count). The predicted molar refractivity (Wildman–Crippen MR) is 109 cm³/mol. The molecule has 2 heterocycles. The van der Waals surface area contributed by atoms with Gasteiger partial charge in [0.1, 0.15) is 11.3 Å². The highest BCUT2D eigenvalue weighted by molar-refractivity contribution is 6.31. The number of likely N-dealkylation sites (tertiary alicyclic amines) is 1. The highest BCUT2D eigenvalue weighted by atomic mass is 35.5. The summed E-state index contributed by atoms with van der Waals surface area (Å²) in [6, 6.07) is 9.90. The summed E-state index contributed by atoms with van der Waals surface area (Å²) in [5.41, 5.74) is 2.12. The molecule has 1 fully saturated rings. The van der Waals surface area contributed by atoms with Gasteiger partial charge < -0.3 is 14.4 Å². The molecule has 0 N–H and O–H groups in total. The summed E-state index contributed by atoms with van der Waals surface area (Å²) < 4.78 is 13.3. The van der Waals surface area contributed by atoms with Crippen LogP contribution < -0.4 is 0 Å². The Hall–Kier alpha value is -2.05. The van der Waals surface area contributed by atoms with Crippen LogP contribution in [0.5, 0.6) is 0 Å². The molecule has 6 nitrogen and oxygen atoms in total. The number of halogens is 1. The molecular formula is C21H28ClN3O3. The Labute approximate surface area is 171 Å². The van der Waals surface area contributed by atoms with Crippen molar-refractivity contribution in [3.05, 3.63) is 46.7 Å². The monoisotopic (exact) mass is 405 g/mol. The van der Waals surface area contributed by atoms with E-state index in [2.05, 4.69) is 5.10 Å². The molecular weight excluding hydrogens is 378 g/mol. The molecule has 28 heavy (non-hydrogen) atoms.